The van der Waals surface area contributed by atoms with Crippen LogP contribution in [0.2, 0.25) is 0 Å². The van der Waals surface area contributed by atoms with E-state index >= 15 is 0 Å². The van der Waals surface area contributed by atoms with Gasteiger partial charge in [0.2, 0.25) is 0 Å². The fourth-order valence-corrected chi connectivity index (χ4v) is 2.55. The molecule has 2 atom stereocenters. The largest absolute Gasteiger partial charge is 0.481 e. The van der Waals surface area contributed by atoms with Gasteiger partial charge in [-0.1, -0.05) is 19.1 Å². The summed E-state index contributed by atoms with van der Waals surface area (Å²) < 4.78 is 0. The van der Waals surface area contributed by atoms with E-state index in [1.807, 2.05) is 13.1 Å². The molecule has 16 heavy (non-hydrogen) atoms. The molecule has 1 aliphatic heterocycles. The maximum Gasteiger partial charge on any atom is 0.306 e. The van der Waals surface area contributed by atoms with Crippen molar-refractivity contribution in [1.82, 2.24) is 0 Å². The van der Waals surface area contributed by atoms with Gasteiger partial charge in [0.1, 0.15) is 0 Å². The van der Waals surface area contributed by atoms with Crippen LogP contribution < -0.4 is 4.90 Å². The van der Waals surface area contributed by atoms with E-state index in [1.54, 1.807) is 6.92 Å². The summed E-state index contributed by atoms with van der Waals surface area (Å²) in [6.07, 6.45) is 0. The first kappa shape index (κ1) is 11.0. The van der Waals surface area contributed by atoms with Gasteiger partial charge in [0.25, 0.3) is 0 Å². The highest BCUT2D eigenvalue weighted by atomic mass is 16.4. The highest BCUT2D eigenvalue weighted by molar-refractivity contribution is 5.74. The lowest BCUT2D eigenvalue weighted by Crippen LogP contribution is -2.24. The maximum atomic E-state index is 11.1. The summed E-state index contributed by atoms with van der Waals surface area (Å²) in [5.74, 6) is -0.932. The zero-order valence-electron chi connectivity index (χ0n) is 9.90. The molecule has 0 radical (unpaired) electrons. The minimum atomic E-state index is -0.713. The second kappa shape index (κ2) is 3.81. The summed E-state index contributed by atoms with van der Waals surface area (Å²) in [5, 5.41) is 9.13. The van der Waals surface area contributed by atoms with Crippen LogP contribution in [0.25, 0.3) is 0 Å². The molecule has 1 aromatic rings. The minimum Gasteiger partial charge on any atom is -0.481 e. The molecule has 0 aromatic heterocycles. The Morgan fingerprint density at radius 2 is 2.25 bits per heavy atom. The monoisotopic (exact) mass is 219 g/mol. The minimum absolute atomic E-state index is 0.110. The Bertz CT molecular complexity index is 428. The van der Waals surface area contributed by atoms with Crippen LogP contribution >= 0.6 is 0 Å². The summed E-state index contributed by atoms with van der Waals surface area (Å²) in [6.45, 7) is 4.65. The number of aliphatic carboxylic acids is 1. The fourth-order valence-electron chi connectivity index (χ4n) is 2.55. The zero-order chi connectivity index (χ0) is 11.9. The molecule has 1 aromatic carbocycles. The summed E-state index contributed by atoms with van der Waals surface area (Å²) in [5.41, 5.74) is 3.58. The Morgan fingerprint density at radius 3 is 2.88 bits per heavy atom. The smallest absolute Gasteiger partial charge is 0.306 e. The van der Waals surface area contributed by atoms with Gasteiger partial charge in [-0.05, 0) is 24.1 Å². The van der Waals surface area contributed by atoms with Crippen molar-refractivity contribution in [2.45, 2.75) is 19.8 Å². The molecule has 0 saturated carbocycles. The summed E-state index contributed by atoms with van der Waals surface area (Å²) in [6, 6.07) is 6.15. The number of likely N-dealkylation sites (N-methyl/N-ethyl adjacent to an activating group) is 1. The first-order chi connectivity index (χ1) is 7.52. The van der Waals surface area contributed by atoms with Gasteiger partial charge >= 0.3 is 5.97 Å². The van der Waals surface area contributed by atoms with E-state index in [0.717, 1.165) is 6.54 Å². The molecule has 0 fully saturated rings. The molecule has 1 N–H and O–H groups in total. The molecular weight excluding hydrogens is 202 g/mol. The number of nitrogens with zero attached hydrogens (tertiary/aromatic N) is 1. The molecule has 1 heterocycles. The third-order valence-electron chi connectivity index (χ3n) is 3.55. The predicted octanol–water partition coefficient (Wildman–Crippen LogP) is 2.25. The second-order valence-electron chi connectivity index (χ2n) is 4.62. The second-order valence-corrected chi connectivity index (χ2v) is 4.62. The van der Waals surface area contributed by atoms with Crippen LogP contribution in [0.15, 0.2) is 18.2 Å². The molecule has 1 aliphatic rings. The van der Waals surface area contributed by atoms with Gasteiger partial charge in [-0.3, -0.25) is 4.79 Å². The van der Waals surface area contributed by atoms with E-state index in [4.69, 9.17) is 5.11 Å². The van der Waals surface area contributed by atoms with Crippen molar-refractivity contribution in [3.05, 3.63) is 29.3 Å². The molecule has 0 saturated heterocycles. The highest BCUT2D eigenvalue weighted by Crippen LogP contribution is 2.41. The quantitative estimate of drug-likeness (QED) is 0.829. The van der Waals surface area contributed by atoms with Crippen LogP contribution in [-0.2, 0) is 4.79 Å². The van der Waals surface area contributed by atoms with Crippen molar-refractivity contribution in [1.29, 1.82) is 0 Å². The van der Waals surface area contributed by atoms with Crippen molar-refractivity contribution in [3.63, 3.8) is 0 Å². The van der Waals surface area contributed by atoms with Crippen molar-refractivity contribution < 1.29 is 9.90 Å². The van der Waals surface area contributed by atoms with Gasteiger partial charge in [0.05, 0.1) is 5.92 Å². The van der Waals surface area contributed by atoms with E-state index in [9.17, 15) is 4.79 Å². The van der Waals surface area contributed by atoms with Crippen molar-refractivity contribution in [3.8, 4) is 0 Å². The molecule has 2 unspecified atom stereocenters. The molecule has 0 spiro atoms. The lowest BCUT2D eigenvalue weighted by atomic mass is 9.86. The number of carbonyl (C=O) groups is 1. The van der Waals surface area contributed by atoms with Crippen molar-refractivity contribution in [2.24, 2.45) is 5.92 Å². The third-order valence-corrected chi connectivity index (χ3v) is 3.55. The molecule has 86 valence electrons. The number of aryl methyl sites for hydroxylation is 1. The van der Waals surface area contributed by atoms with Crippen LogP contribution in [0.3, 0.4) is 0 Å². The number of carboxylic acid groups (broad SMARTS) is 1. The number of fused-ring (bicyclic) bond motifs is 1. The van der Waals surface area contributed by atoms with E-state index < -0.39 is 5.97 Å². The Kier molecular flexibility index (Phi) is 2.62. The van der Waals surface area contributed by atoms with Crippen molar-refractivity contribution in [2.75, 3.05) is 18.5 Å². The SMILES string of the molecule is Cc1cccc2c1C(C(C)C(=O)O)CN2C. The van der Waals surface area contributed by atoms with Crippen LogP contribution in [0.1, 0.15) is 24.0 Å². The average molecular weight is 219 g/mol. The van der Waals surface area contributed by atoms with Gasteiger partial charge < -0.3 is 10.0 Å². The third kappa shape index (κ3) is 1.56. The van der Waals surface area contributed by atoms with E-state index in [2.05, 4.69) is 24.0 Å². The van der Waals surface area contributed by atoms with Gasteiger partial charge in [0.15, 0.2) is 0 Å². The first-order valence-electron chi connectivity index (χ1n) is 5.56. The molecular formula is C13H17NO2. The lowest BCUT2D eigenvalue weighted by molar-refractivity contribution is -0.141. The Labute approximate surface area is 95.7 Å². The highest BCUT2D eigenvalue weighted by Gasteiger charge is 2.34. The van der Waals surface area contributed by atoms with E-state index in [1.165, 1.54) is 16.8 Å². The topological polar surface area (TPSA) is 40.5 Å². The number of hydrogen-bond acceptors (Lipinski definition) is 2. The average Bonchev–Trinajstić information content (AvgIpc) is 2.57. The summed E-state index contributed by atoms with van der Waals surface area (Å²) in [4.78, 5) is 13.2. The van der Waals surface area contributed by atoms with Gasteiger partial charge in [-0.2, -0.15) is 0 Å². The van der Waals surface area contributed by atoms with Gasteiger partial charge in [0, 0.05) is 25.2 Å². The zero-order valence-corrected chi connectivity index (χ0v) is 9.90. The van der Waals surface area contributed by atoms with Crippen LogP contribution in [-0.4, -0.2) is 24.7 Å². The standard InChI is InChI=1S/C13H17NO2/c1-8-5-4-6-11-12(8)10(7-14(11)3)9(2)13(15)16/h4-6,9-10H,7H2,1-3H3,(H,15,16). The molecule has 0 amide bonds. The van der Waals surface area contributed by atoms with Gasteiger partial charge in [-0.15, -0.1) is 0 Å². The summed E-state index contributed by atoms with van der Waals surface area (Å²) in [7, 11) is 2.02. The van der Waals surface area contributed by atoms with E-state index in [0.29, 0.717) is 0 Å². The normalized spacial score (nSPS) is 20.7. The predicted molar refractivity (Wildman–Crippen MR) is 64.0 cm³/mol. The Hall–Kier alpha value is -1.51. The van der Waals surface area contributed by atoms with Crippen molar-refractivity contribution >= 4 is 11.7 Å². The number of carboxylic acids is 1. The van der Waals surface area contributed by atoms with Gasteiger partial charge in [-0.25, -0.2) is 0 Å². The maximum absolute atomic E-state index is 11.1. The molecule has 0 bridgehead atoms. The Morgan fingerprint density at radius 1 is 1.56 bits per heavy atom. The fraction of sp³-hybridized carbons (Fsp3) is 0.462. The lowest BCUT2D eigenvalue weighted by Gasteiger charge is -2.17. The summed E-state index contributed by atoms with van der Waals surface area (Å²) >= 11 is 0. The Balaban J connectivity index is 2.46. The number of anilines is 1. The molecule has 3 heteroatoms. The molecule has 0 aliphatic carbocycles. The molecule has 3 nitrogen and oxygen atoms in total. The van der Waals surface area contributed by atoms with Crippen LogP contribution in [0.5, 0.6) is 0 Å². The van der Waals surface area contributed by atoms with E-state index in [-0.39, 0.29) is 11.8 Å². The first-order valence-corrected chi connectivity index (χ1v) is 5.56. The number of rotatable bonds is 2. The number of benzene rings is 1. The molecule has 2 rings (SSSR count). The van der Waals surface area contributed by atoms with Crippen LogP contribution in [0.4, 0.5) is 5.69 Å². The van der Waals surface area contributed by atoms with Crippen LogP contribution in [0, 0.1) is 12.8 Å². The number of hydrogen-bond donors (Lipinski definition) is 1.